The van der Waals surface area contributed by atoms with Gasteiger partial charge in [0.05, 0.1) is 11.9 Å². The summed E-state index contributed by atoms with van der Waals surface area (Å²) in [5, 5.41) is 6.73. The van der Waals surface area contributed by atoms with Crippen molar-refractivity contribution in [3.8, 4) is 11.8 Å². The van der Waals surface area contributed by atoms with Gasteiger partial charge in [-0.3, -0.25) is 0 Å². The highest BCUT2D eigenvalue weighted by Gasteiger charge is 2.16. The van der Waals surface area contributed by atoms with Crippen molar-refractivity contribution in [3.05, 3.63) is 65.9 Å². The van der Waals surface area contributed by atoms with Crippen molar-refractivity contribution in [2.24, 2.45) is 0 Å². The highest BCUT2D eigenvalue weighted by atomic mass is 15.0. The number of nitrogens with one attached hydrogen (secondary N) is 2. The number of aryl methyl sites for hydroxylation is 1. The molecule has 23 heavy (non-hydrogen) atoms. The molecule has 2 N–H and O–H groups in total. The number of nitrogens with zero attached hydrogens (tertiary/aromatic N) is 2. The number of aromatic nitrogens is 2. The lowest BCUT2D eigenvalue weighted by atomic mass is 10.2. The first-order chi connectivity index (χ1) is 11.2. The van der Waals surface area contributed by atoms with Crippen LogP contribution < -0.4 is 10.6 Å². The van der Waals surface area contributed by atoms with Crippen molar-refractivity contribution < 1.29 is 0 Å². The van der Waals surface area contributed by atoms with E-state index in [1.54, 1.807) is 6.20 Å². The van der Waals surface area contributed by atoms with E-state index in [2.05, 4.69) is 39.0 Å². The van der Waals surface area contributed by atoms with Crippen LogP contribution in [-0.2, 0) is 0 Å². The summed E-state index contributed by atoms with van der Waals surface area (Å²) < 4.78 is 0. The SMILES string of the molecule is C=C(Nc1ccc(C#Cc2ccc(C)cn2)nc1)C1CCCN1. The molecule has 0 radical (unpaired) electrons. The van der Waals surface area contributed by atoms with Crippen LogP contribution in [0.25, 0.3) is 0 Å². The van der Waals surface area contributed by atoms with Gasteiger partial charge in [0, 0.05) is 17.9 Å². The second kappa shape index (κ2) is 7.08. The predicted molar refractivity (Wildman–Crippen MR) is 93.0 cm³/mol. The summed E-state index contributed by atoms with van der Waals surface area (Å²) in [5.74, 6) is 6.05. The van der Waals surface area contributed by atoms with Crippen molar-refractivity contribution in [3.63, 3.8) is 0 Å². The molecule has 1 fully saturated rings. The van der Waals surface area contributed by atoms with E-state index in [1.165, 1.54) is 6.42 Å². The molecule has 0 saturated carbocycles. The van der Waals surface area contributed by atoms with Gasteiger partial charge in [-0.2, -0.15) is 0 Å². The number of rotatable bonds is 3. The standard InChI is InChI=1S/C19H20N4/c1-14-5-6-16(21-12-14)7-8-17-9-10-18(13-22-17)23-15(2)19-4-3-11-20-19/h5-6,9-10,12-13,19-20,23H,2-4,11H2,1H3. The molecule has 0 spiro atoms. The summed E-state index contributed by atoms with van der Waals surface area (Å²) >= 11 is 0. The van der Waals surface area contributed by atoms with Gasteiger partial charge in [0.25, 0.3) is 0 Å². The minimum atomic E-state index is 0.349. The average molecular weight is 304 g/mol. The van der Waals surface area contributed by atoms with Crippen LogP contribution in [0.5, 0.6) is 0 Å². The van der Waals surface area contributed by atoms with E-state index in [4.69, 9.17) is 0 Å². The summed E-state index contributed by atoms with van der Waals surface area (Å²) in [6.07, 6.45) is 5.93. The second-order valence-electron chi connectivity index (χ2n) is 5.70. The van der Waals surface area contributed by atoms with E-state index in [9.17, 15) is 0 Å². The lowest BCUT2D eigenvalue weighted by molar-refractivity contribution is 0.695. The van der Waals surface area contributed by atoms with Gasteiger partial charge in [-0.25, -0.2) is 9.97 Å². The molecule has 0 aromatic carbocycles. The van der Waals surface area contributed by atoms with Crippen LogP contribution in [0.4, 0.5) is 5.69 Å². The Balaban J connectivity index is 1.63. The van der Waals surface area contributed by atoms with E-state index in [0.29, 0.717) is 6.04 Å². The third kappa shape index (κ3) is 4.18. The predicted octanol–water partition coefficient (Wildman–Crippen LogP) is 2.86. The smallest absolute Gasteiger partial charge is 0.113 e. The van der Waals surface area contributed by atoms with Crippen LogP contribution >= 0.6 is 0 Å². The molecule has 2 aromatic rings. The van der Waals surface area contributed by atoms with E-state index in [1.807, 2.05) is 37.4 Å². The minimum Gasteiger partial charge on any atom is -0.357 e. The van der Waals surface area contributed by atoms with Gasteiger partial charge in [-0.1, -0.05) is 12.6 Å². The number of hydrogen-bond acceptors (Lipinski definition) is 4. The quantitative estimate of drug-likeness (QED) is 0.856. The number of anilines is 1. The molecule has 4 nitrogen and oxygen atoms in total. The van der Waals surface area contributed by atoms with Crippen LogP contribution in [0.2, 0.25) is 0 Å². The fourth-order valence-electron chi connectivity index (χ4n) is 2.47. The van der Waals surface area contributed by atoms with E-state index < -0.39 is 0 Å². The summed E-state index contributed by atoms with van der Waals surface area (Å²) in [7, 11) is 0. The first kappa shape index (κ1) is 15.3. The topological polar surface area (TPSA) is 49.8 Å². The van der Waals surface area contributed by atoms with Crippen LogP contribution in [0.1, 0.15) is 29.8 Å². The summed E-state index contributed by atoms with van der Waals surface area (Å²) in [5.41, 5.74) is 4.53. The van der Waals surface area contributed by atoms with Gasteiger partial charge in [-0.15, -0.1) is 0 Å². The third-order valence-corrected chi connectivity index (χ3v) is 3.78. The zero-order valence-electron chi connectivity index (χ0n) is 13.3. The molecule has 0 aliphatic carbocycles. The molecule has 2 aromatic heterocycles. The van der Waals surface area contributed by atoms with E-state index in [0.717, 1.165) is 41.3 Å². The van der Waals surface area contributed by atoms with Crippen molar-refractivity contribution in [1.82, 2.24) is 15.3 Å². The highest BCUT2D eigenvalue weighted by molar-refractivity contribution is 5.49. The van der Waals surface area contributed by atoms with Crippen molar-refractivity contribution in [2.75, 3.05) is 11.9 Å². The van der Waals surface area contributed by atoms with Crippen molar-refractivity contribution in [2.45, 2.75) is 25.8 Å². The lowest BCUT2D eigenvalue weighted by Crippen LogP contribution is -2.26. The van der Waals surface area contributed by atoms with E-state index >= 15 is 0 Å². The normalized spacial score (nSPS) is 16.5. The van der Waals surface area contributed by atoms with Crippen LogP contribution in [0.15, 0.2) is 48.9 Å². The molecule has 116 valence electrons. The van der Waals surface area contributed by atoms with E-state index in [-0.39, 0.29) is 0 Å². The molecule has 1 atom stereocenters. The van der Waals surface area contributed by atoms with Crippen LogP contribution in [-0.4, -0.2) is 22.6 Å². The Morgan fingerprint density at radius 2 is 1.91 bits per heavy atom. The maximum Gasteiger partial charge on any atom is 0.113 e. The van der Waals surface area contributed by atoms with Gasteiger partial charge < -0.3 is 10.6 Å². The Morgan fingerprint density at radius 1 is 1.17 bits per heavy atom. The van der Waals surface area contributed by atoms with Crippen LogP contribution in [0.3, 0.4) is 0 Å². The van der Waals surface area contributed by atoms with Gasteiger partial charge >= 0.3 is 0 Å². The van der Waals surface area contributed by atoms with Gasteiger partial charge in [0.1, 0.15) is 11.4 Å². The molecular formula is C19H20N4. The molecule has 3 rings (SSSR count). The molecule has 1 saturated heterocycles. The molecule has 4 heteroatoms. The Labute approximate surface area is 137 Å². The molecule has 0 bridgehead atoms. The Hall–Kier alpha value is -2.64. The fraction of sp³-hybridized carbons (Fsp3) is 0.263. The molecule has 1 aliphatic heterocycles. The zero-order valence-corrected chi connectivity index (χ0v) is 13.3. The van der Waals surface area contributed by atoms with Gasteiger partial charge in [-0.05, 0) is 61.9 Å². The minimum absolute atomic E-state index is 0.349. The van der Waals surface area contributed by atoms with Gasteiger partial charge in [0.2, 0.25) is 0 Å². The summed E-state index contributed by atoms with van der Waals surface area (Å²) in [6, 6.07) is 8.14. The Bertz CT molecular complexity index is 730. The second-order valence-corrected chi connectivity index (χ2v) is 5.70. The van der Waals surface area contributed by atoms with Crippen molar-refractivity contribution >= 4 is 5.69 Å². The maximum atomic E-state index is 4.37. The van der Waals surface area contributed by atoms with Crippen LogP contribution in [0, 0.1) is 18.8 Å². The highest BCUT2D eigenvalue weighted by Crippen LogP contribution is 2.16. The average Bonchev–Trinajstić information content (AvgIpc) is 3.10. The Kier molecular flexibility index (Phi) is 4.70. The molecular weight excluding hydrogens is 284 g/mol. The monoisotopic (exact) mass is 304 g/mol. The largest absolute Gasteiger partial charge is 0.357 e. The Morgan fingerprint density at radius 3 is 2.48 bits per heavy atom. The zero-order chi connectivity index (χ0) is 16.1. The first-order valence-corrected chi connectivity index (χ1v) is 7.81. The number of hydrogen-bond donors (Lipinski definition) is 2. The van der Waals surface area contributed by atoms with Crippen molar-refractivity contribution in [1.29, 1.82) is 0 Å². The third-order valence-electron chi connectivity index (χ3n) is 3.78. The molecule has 1 unspecified atom stereocenters. The summed E-state index contributed by atoms with van der Waals surface area (Å²) in [6.45, 7) is 7.17. The lowest BCUT2D eigenvalue weighted by Gasteiger charge is -2.15. The molecule has 3 heterocycles. The molecule has 0 amide bonds. The maximum absolute atomic E-state index is 4.37. The number of pyridine rings is 2. The fourth-order valence-corrected chi connectivity index (χ4v) is 2.47. The van der Waals surface area contributed by atoms with Gasteiger partial charge in [0.15, 0.2) is 0 Å². The molecule has 1 aliphatic rings. The summed E-state index contributed by atoms with van der Waals surface area (Å²) in [4.78, 5) is 8.63. The first-order valence-electron chi connectivity index (χ1n) is 7.81.